The first-order valence-electron chi connectivity index (χ1n) is 4.64. The number of carboxylic acids is 1. The zero-order chi connectivity index (χ0) is 11.0. The second kappa shape index (κ2) is 3.38. The zero-order valence-corrected chi connectivity index (χ0v) is 8.20. The Morgan fingerprint density at radius 1 is 1.67 bits per heavy atom. The fourth-order valence-electron chi connectivity index (χ4n) is 1.28. The summed E-state index contributed by atoms with van der Waals surface area (Å²) in [5.74, 6) is -0.784. The van der Waals surface area contributed by atoms with Gasteiger partial charge in [-0.2, -0.15) is 5.10 Å². The van der Waals surface area contributed by atoms with Gasteiger partial charge in [0.2, 0.25) is 5.88 Å². The first-order valence-corrected chi connectivity index (χ1v) is 4.64. The molecule has 6 heteroatoms. The molecule has 1 aromatic heterocycles. The van der Waals surface area contributed by atoms with Crippen LogP contribution in [0.3, 0.4) is 0 Å². The van der Waals surface area contributed by atoms with Gasteiger partial charge < -0.3 is 9.84 Å². The van der Waals surface area contributed by atoms with Crippen LogP contribution < -0.4 is 4.74 Å². The Labute approximate surface area is 85.8 Å². The number of carbonyl (C=O) groups is 1. The highest BCUT2D eigenvalue weighted by molar-refractivity contribution is 5.93. The second-order valence-corrected chi connectivity index (χ2v) is 3.56. The number of rotatable bonds is 3. The molecule has 3 N–H and O–H groups in total. The predicted molar refractivity (Wildman–Crippen MR) is 51.4 cm³/mol. The molecule has 1 aliphatic carbocycles. The fraction of sp³-hybridized carbons (Fsp3) is 0.444. The smallest absolute Gasteiger partial charge is 0.343 e. The van der Waals surface area contributed by atoms with Gasteiger partial charge in [0.25, 0.3) is 0 Å². The van der Waals surface area contributed by atoms with E-state index >= 15 is 0 Å². The van der Waals surface area contributed by atoms with Crippen molar-refractivity contribution in [2.24, 2.45) is 5.92 Å². The van der Waals surface area contributed by atoms with Gasteiger partial charge in [0.1, 0.15) is 5.56 Å². The number of H-pyrrole nitrogens is 1. The number of aromatic amines is 1. The summed E-state index contributed by atoms with van der Waals surface area (Å²) in [5, 5.41) is 22.6. The van der Waals surface area contributed by atoms with Crippen molar-refractivity contribution in [3.63, 3.8) is 0 Å². The molecule has 80 valence electrons. The molecule has 2 rings (SSSR count). The van der Waals surface area contributed by atoms with Crippen LogP contribution in [-0.2, 0) is 0 Å². The van der Waals surface area contributed by atoms with E-state index in [4.69, 9.17) is 15.3 Å². The lowest BCUT2D eigenvalue weighted by atomic mass is 10.2. The number of aromatic carboxylic acids is 1. The van der Waals surface area contributed by atoms with E-state index in [0.717, 1.165) is 12.8 Å². The van der Waals surface area contributed by atoms with Crippen LogP contribution in [0.2, 0.25) is 0 Å². The average Bonchev–Trinajstić information content (AvgIpc) is 2.92. The van der Waals surface area contributed by atoms with Crippen molar-refractivity contribution in [2.45, 2.75) is 19.8 Å². The molecule has 0 bridgehead atoms. The van der Waals surface area contributed by atoms with Gasteiger partial charge in [-0.15, -0.1) is 0 Å². The second-order valence-electron chi connectivity index (χ2n) is 3.56. The van der Waals surface area contributed by atoms with Crippen LogP contribution in [0.4, 0.5) is 0 Å². The molecular weight excluding hydrogens is 198 g/mol. The van der Waals surface area contributed by atoms with E-state index in [-0.39, 0.29) is 23.3 Å². The van der Waals surface area contributed by atoms with Crippen molar-refractivity contribution >= 4 is 11.9 Å². The molecule has 6 nitrogen and oxygen atoms in total. The van der Waals surface area contributed by atoms with E-state index in [1.807, 2.05) is 0 Å². The molecule has 1 saturated carbocycles. The van der Waals surface area contributed by atoms with Crippen molar-refractivity contribution in [2.75, 3.05) is 0 Å². The molecule has 0 aromatic carbocycles. The van der Waals surface area contributed by atoms with Crippen molar-refractivity contribution in [1.82, 2.24) is 10.2 Å². The lowest BCUT2D eigenvalue weighted by Crippen LogP contribution is -2.11. The van der Waals surface area contributed by atoms with Crippen molar-refractivity contribution < 1.29 is 14.6 Å². The minimum absolute atomic E-state index is 0.000370. The number of carboxylic acid groups (broad SMARTS) is 1. The minimum Gasteiger partial charge on any atom is -0.477 e. The Morgan fingerprint density at radius 2 is 2.33 bits per heavy atom. The quantitative estimate of drug-likeness (QED) is 0.514. The van der Waals surface area contributed by atoms with Gasteiger partial charge in [-0.3, -0.25) is 5.41 Å². The van der Waals surface area contributed by atoms with Gasteiger partial charge in [0, 0.05) is 5.92 Å². The van der Waals surface area contributed by atoms with E-state index in [2.05, 4.69) is 10.2 Å². The molecule has 1 fully saturated rings. The number of nitrogens with zero attached hydrogens (tertiary/aromatic N) is 1. The highest BCUT2D eigenvalue weighted by atomic mass is 16.5. The molecular formula is C9H11N3O3. The van der Waals surface area contributed by atoms with Crippen LogP contribution in [0.15, 0.2) is 0 Å². The zero-order valence-electron chi connectivity index (χ0n) is 8.20. The van der Waals surface area contributed by atoms with Crippen LogP contribution in [0.5, 0.6) is 5.88 Å². The molecule has 0 atom stereocenters. The maximum absolute atomic E-state index is 10.9. The molecule has 1 heterocycles. The fourth-order valence-corrected chi connectivity index (χ4v) is 1.28. The topological polar surface area (TPSA) is 99.1 Å². The summed E-state index contributed by atoms with van der Waals surface area (Å²) in [5.41, 5.74) is 0.362. The first-order chi connectivity index (χ1) is 7.09. The van der Waals surface area contributed by atoms with Gasteiger partial charge in [0.05, 0.1) is 5.69 Å². The standard InChI is InChI=1S/C9H11N3O3/c1-4-6(9(13)14)8(12-11-4)15-7(10)5-2-3-5/h5,10H,2-3H2,1H3,(H,11,12)(H,13,14). The largest absolute Gasteiger partial charge is 0.477 e. The first kappa shape index (κ1) is 9.70. The predicted octanol–water partition coefficient (Wildman–Crippen LogP) is 1.18. The van der Waals surface area contributed by atoms with E-state index in [1.165, 1.54) is 0 Å². The maximum atomic E-state index is 10.9. The van der Waals surface area contributed by atoms with Gasteiger partial charge in [-0.05, 0) is 19.8 Å². The van der Waals surface area contributed by atoms with Gasteiger partial charge >= 0.3 is 5.97 Å². The Bertz CT molecular complexity index is 420. The molecule has 0 radical (unpaired) electrons. The van der Waals surface area contributed by atoms with E-state index in [0.29, 0.717) is 5.69 Å². The molecule has 1 aromatic rings. The van der Waals surface area contributed by atoms with E-state index in [9.17, 15) is 4.79 Å². The van der Waals surface area contributed by atoms with E-state index < -0.39 is 5.97 Å². The third kappa shape index (κ3) is 1.83. The molecule has 0 spiro atoms. The van der Waals surface area contributed by atoms with Crippen molar-refractivity contribution in [3.05, 3.63) is 11.3 Å². The lowest BCUT2D eigenvalue weighted by Gasteiger charge is -2.03. The summed E-state index contributed by atoms with van der Waals surface area (Å²) in [6.07, 6.45) is 1.88. The van der Waals surface area contributed by atoms with Gasteiger partial charge in [-0.1, -0.05) is 0 Å². The van der Waals surface area contributed by atoms with E-state index in [1.54, 1.807) is 6.92 Å². The van der Waals surface area contributed by atoms with Crippen LogP contribution in [0.1, 0.15) is 28.9 Å². The molecule has 0 unspecified atom stereocenters. The summed E-state index contributed by atoms with van der Waals surface area (Å²) in [4.78, 5) is 10.9. The third-order valence-electron chi connectivity index (χ3n) is 2.29. The van der Waals surface area contributed by atoms with Crippen molar-refractivity contribution in [3.8, 4) is 5.88 Å². The number of hydrogen-bond donors (Lipinski definition) is 3. The van der Waals surface area contributed by atoms with Gasteiger partial charge in [0.15, 0.2) is 5.90 Å². The highest BCUT2D eigenvalue weighted by Gasteiger charge is 2.30. The number of aromatic nitrogens is 2. The molecule has 1 aliphatic rings. The SMILES string of the molecule is Cc1n[nH]c(OC(=N)C2CC2)c1C(=O)O. The summed E-state index contributed by atoms with van der Waals surface area (Å²) in [6, 6.07) is 0. The lowest BCUT2D eigenvalue weighted by molar-refractivity contribution is 0.0694. The number of aryl methyl sites for hydroxylation is 1. The molecule has 0 saturated heterocycles. The van der Waals surface area contributed by atoms with Gasteiger partial charge in [-0.25, -0.2) is 9.89 Å². The summed E-state index contributed by atoms with van der Waals surface area (Å²) < 4.78 is 5.14. The Kier molecular flexibility index (Phi) is 2.18. The Hall–Kier alpha value is -1.85. The Balaban J connectivity index is 2.20. The maximum Gasteiger partial charge on any atom is 0.343 e. The highest BCUT2D eigenvalue weighted by Crippen LogP contribution is 2.31. The summed E-state index contributed by atoms with van der Waals surface area (Å²) >= 11 is 0. The van der Waals surface area contributed by atoms with Crippen LogP contribution >= 0.6 is 0 Å². The van der Waals surface area contributed by atoms with Crippen molar-refractivity contribution in [1.29, 1.82) is 5.41 Å². The summed E-state index contributed by atoms with van der Waals surface area (Å²) in [6.45, 7) is 1.58. The number of ether oxygens (including phenoxy) is 1. The monoisotopic (exact) mass is 209 g/mol. The normalized spacial score (nSPS) is 15.0. The Morgan fingerprint density at radius 3 is 2.87 bits per heavy atom. The number of hydrogen-bond acceptors (Lipinski definition) is 4. The van der Waals surface area contributed by atoms with Crippen LogP contribution in [0.25, 0.3) is 0 Å². The van der Waals surface area contributed by atoms with Crippen LogP contribution in [0, 0.1) is 18.3 Å². The number of nitrogens with one attached hydrogen (secondary N) is 2. The van der Waals surface area contributed by atoms with Crippen LogP contribution in [-0.4, -0.2) is 27.2 Å². The summed E-state index contributed by atoms with van der Waals surface area (Å²) in [7, 11) is 0. The third-order valence-corrected chi connectivity index (χ3v) is 2.29. The minimum atomic E-state index is -1.10. The molecule has 0 amide bonds. The molecule has 0 aliphatic heterocycles. The molecule has 15 heavy (non-hydrogen) atoms. The average molecular weight is 209 g/mol.